The fourth-order valence-electron chi connectivity index (χ4n) is 4.08. The molecule has 12 heteroatoms. The van der Waals surface area contributed by atoms with Crippen LogP contribution in [0.25, 0.3) is 11.1 Å². The van der Waals surface area contributed by atoms with Crippen LogP contribution in [-0.2, 0) is 27.7 Å². The van der Waals surface area contributed by atoms with E-state index in [1.165, 1.54) is 18.2 Å². The summed E-state index contributed by atoms with van der Waals surface area (Å²) < 4.78 is 27.7. The number of nitrogens with zero attached hydrogens (tertiary/aromatic N) is 1. The molecule has 0 radical (unpaired) electrons. The molecule has 2 unspecified atom stereocenters. The van der Waals surface area contributed by atoms with Gasteiger partial charge in [-0.05, 0) is 47.4 Å². The van der Waals surface area contributed by atoms with E-state index in [9.17, 15) is 23.4 Å². The van der Waals surface area contributed by atoms with Crippen molar-refractivity contribution in [2.75, 3.05) is 18.4 Å². The fraction of sp³-hybridized carbons (Fsp3) is 0.214. The van der Waals surface area contributed by atoms with Gasteiger partial charge in [0, 0.05) is 37.1 Å². The minimum absolute atomic E-state index is 0.00859. The largest absolute Gasteiger partial charge is 0.480 e. The van der Waals surface area contributed by atoms with Crippen molar-refractivity contribution in [3.63, 3.8) is 0 Å². The van der Waals surface area contributed by atoms with E-state index in [4.69, 9.17) is 11.6 Å². The number of halogens is 1. The summed E-state index contributed by atoms with van der Waals surface area (Å²) in [5.41, 5.74) is 4.17. The molecule has 0 saturated carbocycles. The number of nitrogens with one attached hydrogen (secondary N) is 4. The van der Waals surface area contributed by atoms with Crippen molar-refractivity contribution in [2.24, 2.45) is 0 Å². The third kappa shape index (κ3) is 8.13. The molecule has 0 aliphatic heterocycles. The number of hydrogen-bond acceptors (Lipinski definition) is 7. The topological polar surface area (TPSA) is 156 Å². The van der Waals surface area contributed by atoms with E-state index in [0.29, 0.717) is 18.7 Å². The van der Waals surface area contributed by atoms with Gasteiger partial charge < -0.3 is 25.8 Å². The Morgan fingerprint density at radius 2 is 1.80 bits per heavy atom. The average Bonchev–Trinajstić information content (AvgIpc) is 3.45. The summed E-state index contributed by atoms with van der Waals surface area (Å²) in [6.07, 6.45) is 3.33. The predicted octanol–water partition coefficient (Wildman–Crippen LogP) is 3.27. The Morgan fingerprint density at radius 1 is 1.02 bits per heavy atom. The zero-order valence-corrected chi connectivity index (χ0v) is 23.0. The minimum Gasteiger partial charge on any atom is -0.480 e. The van der Waals surface area contributed by atoms with Crippen LogP contribution in [0, 0.1) is 0 Å². The number of anilines is 1. The SMILES string of the molecule is O=C(O)C(Cc1ccc(-c2cccc(NC(O)CNCCc3cnc[nH]3)c2)cc1)NS(=O)(=O)c1ccccc1Cl. The van der Waals surface area contributed by atoms with E-state index in [1.54, 1.807) is 30.7 Å². The number of carboxylic acids is 1. The molecule has 0 saturated heterocycles. The van der Waals surface area contributed by atoms with E-state index in [-0.39, 0.29) is 16.3 Å². The molecule has 210 valence electrons. The lowest BCUT2D eigenvalue weighted by molar-refractivity contribution is -0.138. The van der Waals surface area contributed by atoms with Gasteiger partial charge in [-0.25, -0.2) is 13.4 Å². The Bertz CT molecular complexity index is 1510. The van der Waals surface area contributed by atoms with Crippen LogP contribution in [0.15, 0.2) is 90.2 Å². The number of benzene rings is 3. The summed E-state index contributed by atoms with van der Waals surface area (Å²) in [7, 11) is -4.14. The molecular weight excluding hydrogens is 554 g/mol. The van der Waals surface area contributed by atoms with Gasteiger partial charge in [-0.1, -0.05) is 60.1 Å². The van der Waals surface area contributed by atoms with Gasteiger partial charge in [-0.2, -0.15) is 4.72 Å². The van der Waals surface area contributed by atoms with Gasteiger partial charge in [0.2, 0.25) is 10.0 Å². The van der Waals surface area contributed by atoms with Crippen LogP contribution in [0.1, 0.15) is 11.3 Å². The molecule has 0 spiro atoms. The number of rotatable bonds is 14. The van der Waals surface area contributed by atoms with E-state index >= 15 is 0 Å². The molecule has 6 N–H and O–H groups in total. The van der Waals surface area contributed by atoms with Gasteiger partial charge in [-0.15, -0.1) is 0 Å². The van der Waals surface area contributed by atoms with Crippen LogP contribution >= 0.6 is 11.6 Å². The van der Waals surface area contributed by atoms with Crippen molar-refractivity contribution in [3.05, 3.63) is 102 Å². The van der Waals surface area contributed by atoms with Crippen LogP contribution in [0.3, 0.4) is 0 Å². The first kappa shape index (κ1) is 29.2. The second kappa shape index (κ2) is 13.6. The van der Waals surface area contributed by atoms with Crippen molar-refractivity contribution >= 4 is 33.3 Å². The molecule has 40 heavy (non-hydrogen) atoms. The molecule has 1 aromatic heterocycles. The Hall–Kier alpha value is -3.74. The summed E-state index contributed by atoms with van der Waals surface area (Å²) in [4.78, 5) is 18.7. The predicted molar refractivity (Wildman–Crippen MR) is 154 cm³/mol. The van der Waals surface area contributed by atoms with Crippen molar-refractivity contribution in [2.45, 2.75) is 30.0 Å². The maximum absolute atomic E-state index is 12.7. The van der Waals surface area contributed by atoms with Crippen LogP contribution in [0.5, 0.6) is 0 Å². The van der Waals surface area contributed by atoms with Crippen molar-refractivity contribution in [3.8, 4) is 11.1 Å². The maximum Gasteiger partial charge on any atom is 0.322 e. The third-order valence-electron chi connectivity index (χ3n) is 6.11. The molecule has 4 aromatic rings. The van der Waals surface area contributed by atoms with Gasteiger partial charge >= 0.3 is 5.97 Å². The summed E-state index contributed by atoms with van der Waals surface area (Å²) >= 11 is 6.00. The van der Waals surface area contributed by atoms with Gasteiger partial charge in [-0.3, -0.25) is 4.79 Å². The molecule has 0 aliphatic carbocycles. The summed E-state index contributed by atoms with van der Waals surface area (Å²) in [6, 6.07) is 19.2. The molecule has 0 fully saturated rings. The Labute approximate surface area is 237 Å². The van der Waals surface area contributed by atoms with Crippen LogP contribution in [0.2, 0.25) is 5.02 Å². The zero-order chi connectivity index (χ0) is 28.5. The van der Waals surface area contributed by atoms with Crippen molar-refractivity contribution in [1.82, 2.24) is 20.0 Å². The number of aliphatic carboxylic acids is 1. The highest BCUT2D eigenvalue weighted by Crippen LogP contribution is 2.24. The number of H-pyrrole nitrogens is 1. The highest BCUT2D eigenvalue weighted by molar-refractivity contribution is 7.89. The van der Waals surface area contributed by atoms with Crippen LogP contribution in [-0.4, -0.2) is 59.9 Å². The number of aromatic nitrogens is 2. The molecular formula is C28H30ClN5O5S. The lowest BCUT2D eigenvalue weighted by Crippen LogP contribution is -2.42. The first-order valence-corrected chi connectivity index (χ1v) is 14.4. The van der Waals surface area contributed by atoms with Crippen molar-refractivity contribution in [1.29, 1.82) is 0 Å². The van der Waals surface area contributed by atoms with Crippen LogP contribution in [0.4, 0.5) is 5.69 Å². The van der Waals surface area contributed by atoms with E-state index < -0.39 is 28.3 Å². The Balaban J connectivity index is 1.35. The quantitative estimate of drug-likeness (QED) is 0.0975. The Morgan fingerprint density at radius 3 is 2.50 bits per heavy atom. The summed E-state index contributed by atoms with van der Waals surface area (Å²) in [5.74, 6) is -1.30. The standard InChI is InChI=1S/C28H30ClN5O5S/c29-24-6-1-2-7-26(24)40(38,39)34-25(28(36)37)14-19-8-10-20(11-9-19)21-4-3-5-22(15-21)33-27(35)17-30-13-12-23-16-31-18-32-23/h1-11,15-16,18,25,27,30,33-35H,12-14,17H2,(H,31,32)(H,36,37). The molecule has 0 aliphatic rings. The molecule has 3 aromatic carbocycles. The number of sulfonamides is 1. The number of hydrogen-bond donors (Lipinski definition) is 6. The monoisotopic (exact) mass is 583 g/mol. The fourth-order valence-corrected chi connectivity index (χ4v) is 5.79. The lowest BCUT2D eigenvalue weighted by atomic mass is 10.0. The smallest absolute Gasteiger partial charge is 0.322 e. The molecule has 0 bridgehead atoms. The third-order valence-corrected chi connectivity index (χ3v) is 8.08. The number of aliphatic hydroxyl groups is 1. The number of aliphatic hydroxyl groups excluding tert-OH is 1. The van der Waals surface area contributed by atoms with Gasteiger partial charge in [0.15, 0.2) is 0 Å². The van der Waals surface area contributed by atoms with E-state index in [1.807, 2.05) is 36.4 Å². The number of aromatic amines is 1. The number of carboxylic acid groups (broad SMARTS) is 1. The number of carbonyl (C=O) groups is 1. The summed E-state index contributed by atoms with van der Waals surface area (Å²) in [6.45, 7) is 1.05. The Kier molecular flexibility index (Phi) is 9.91. The normalized spacial score (nSPS) is 13.1. The highest BCUT2D eigenvalue weighted by Gasteiger charge is 2.27. The molecule has 0 amide bonds. The lowest BCUT2D eigenvalue weighted by Gasteiger charge is -2.16. The van der Waals surface area contributed by atoms with Crippen molar-refractivity contribution < 1.29 is 23.4 Å². The molecule has 10 nitrogen and oxygen atoms in total. The van der Waals surface area contributed by atoms with Gasteiger partial charge in [0.1, 0.15) is 17.2 Å². The molecule has 2 atom stereocenters. The average molecular weight is 584 g/mol. The second-order valence-electron chi connectivity index (χ2n) is 9.12. The second-order valence-corrected chi connectivity index (χ2v) is 11.2. The zero-order valence-electron chi connectivity index (χ0n) is 21.4. The van der Waals surface area contributed by atoms with Gasteiger partial charge in [0.05, 0.1) is 11.3 Å². The molecule has 1 heterocycles. The summed E-state index contributed by atoms with van der Waals surface area (Å²) in [5, 5.41) is 26.3. The van der Waals surface area contributed by atoms with Gasteiger partial charge in [0.25, 0.3) is 0 Å². The van der Waals surface area contributed by atoms with E-state index in [2.05, 4.69) is 25.3 Å². The van der Waals surface area contributed by atoms with Crippen LogP contribution < -0.4 is 15.4 Å². The molecule has 4 rings (SSSR count). The highest BCUT2D eigenvalue weighted by atomic mass is 35.5. The number of imidazole rings is 1. The minimum atomic E-state index is -4.14. The van der Waals surface area contributed by atoms with E-state index in [0.717, 1.165) is 28.9 Å². The maximum atomic E-state index is 12.7. The first-order valence-electron chi connectivity index (χ1n) is 12.5. The first-order chi connectivity index (χ1) is 19.2.